The molecule has 2 aromatic rings. The van der Waals surface area contributed by atoms with E-state index in [4.69, 9.17) is 14.2 Å². The number of carbonyl (C=O) groups is 4. The highest BCUT2D eigenvalue weighted by Gasteiger charge is 2.35. The molecule has 0 aliphatic heterocycles. The van der Waals surface area contributed by atoms with Crippen LogP contribution in [0.25, 0.3) is 0 Å². The van der Waals surface area contributed by atoms with Crippen LogP contribution in [-0.2, 0) is 14.2 Å². The van der Waals surface area contributed by atoms with Gasteiger partial charge in [-0.15, -0.1) is 11.3 Å². The number of hydrogen-bond acceptors (Lipinski definition) is 8. The Bertz CT molecular complexity index is 868. The molecule has 27 heavy (non-hydrogen) atoms. The highest BCUT2D eigenvalue weighted by Crippen LogP contribution is 2.33. The molecular formula is C19H18O7S. The third-order valence-electron chi connectivity index (χ3n) is 3.48. The summed E-state index contributed by atoms with van der Waals surface area (Å²) in [7, 11) is 1.15. The van der Waals surface area contributed by atoms with Crippen molar-refractivity contribution in [2.75, 3.05) is 20.3 Å². The van der Waals surface area contributed by atoms with Gasteiger partial charge in [-0.05, 0) is 13.8 Å². The lowest BCUT2D eigenvalue weighted by atomic mass is 9.98. The molecule has 0 saturated carbocycles. The van der Waals surface area contributed by atoms with E-state index in [2.05, 4.69) is 0 Å². The molecule has 0 atom stereocenters. The number of methoxy groups -OCH3 is 1. The smallest absolute Gasteiger partial charge is 0.349 e. The second-order valence-corrected chi connectivity index (χ2v) is 6.16. The minimum Gasteiger partial charge on any atom is -0.465 e. The summed E-state index contributed by atoms with van der Waals surface area (Å²) < 4.78 is 14.7. The van der Waals surface area contributed by atoms with Crippen molar-refractivity contribution in [2.24, 2.45) is 0 Å². The van der Waals surface area contributed by atoms with Crippen LogP contribution >= 0.6 is 11.3 Å². The Kier molecular flexibility index (Phi) is 6.84. The number of thiophene rings is 1. The molecule has 2 rings (SSSR count). The van der Waals surface area contributed by atoms with Crippen LogP contribution in [0.15, 0.2) is 30.3 Å². The van der Waals surface area contributed by atoms with Gasteiger partial charge in [0.05, 0.1) is 31.5 Å². The predicted molar refractivity (Wildman–Crippen MR) is 97.4 cm³/mol. The van der Waals surface area contributed by atoms with E-state index in [1.165, 1.54) is 0 Å². The molecule has 0 amide bonds. The van der Waals surface area contributed by atoms with Crippen molar-refractivity contribution in [1.82, 2.24) is 0 Å². The lowest BCUT2D eigenvalue weighted by Crippen LogP contribution is -2.17. The van der Waals surface area contributed by atoms with Gasteiger partial charge in [0.2, 0.25) is 0 Å². The fourth-order valence-corrected chi connectivity index (χ4v) is 3.45. The molecule has 1 aromatic carbocycles. The number of hydrogen-bond donors (Lipinski definition) is 0. The van der Waals surface area contributed by atoms with Gasteiger partial charge in [-0.3, -0.25) is 4.79 Å². The van der Waals surface area contributed by atoms with Crippen molar-refractivity contribution < 1.29 is 33.4 Å². The quantitative estimate of drug-likeness (QED) is 0.407. The Morgan fingerprint density at radius 1 is 0.815 bits per heavy atom. The van der Waals surface area contributed by atoms with E-state index in [1.807, 2.05) is 0 Å². The van der Waals surface area contributed by atoms with Crippen molar-refractivity contribution in [3.8, 4) is 0 Å². The summed E-state index contributed by atoms with van der Waals surface area (Å²) >= 11 is 0.673. The molecule has 1 heterocycles. The Morgan fingerprint density at radius 3 is 1.93 bits per heavy atom. The number of ether oxygens (including phenoxy) is 3. The summed E-state index contributed by atoms with van der Waals surface area (Å²) in [5.41, 5.74) is -0.254. The zero-order chi connectivity index (χ0) is 20.0. The Hall–Kier alpha value is -3.00. The van der Waals surface area contributed by atoms with E-state index in [9.17, 15) is 19.2 Å². The average molecular weight is 390 g/mol. The normalized spacial score (nSPS) is 10.2. The summed E-state index contributed by atoms with van der Waals surface area (Å²) in [6.45, 7) is 3.29. The number of ketones is 1. The van der Waals surface area contributed by atoms with E-state index in [0.29, 0.717) is 11.3 Å². The van der Waals surface area contributed by atoms with Crippen LogP contribution in [0.2, 0.25) is 0 Å². The van der Waals surface area contributed by atoms with Gasteiger partial charge < -0.3 is 14.2 Å². The molecule has 0 N–H and O–H groups in total. The van der Waals surface area contributed by atoms with E-state index < -0.39 is 23.7 Å². The first-order valence-electron chi connectivity index (χ1n) is 8.15. The van der Waals surface area contributed by atoms with Gasteiger partial charge in [0.1, 0.15) is 9.75 Å². The van der Waals surface area contributed by atoms with Gasteiger partial charge >= 0.3 is 17.9 Å². The van der Waals surface area contributed by atoms with Gasteiger partial charge in [0.15, 0.2) is 5.78 Å². The maximum absolute atomic E-state index is 13.0. The van der Waals surface area contributed by atoms with Crippen molar-refractivity contribution >= 4 is 35.0 Å². The third-order valence-corrected chi connectivity index (χ3v) is 4.63. The topological polar surface area (TPSA) is 96.0 Å². The molecule has 142 valence electrons. The monoisotopic (exact) mass is 390 g/mol. The van der Waals surface area contributed by atoms with Gasteiger partial charge in [-0.25, -0.2) is 14.4 Å². The summed E-state index contributed by atoms with van der Waals surface area (Å²) in [5.74, 6) is -3.12. The molecule has 0 aliphatic carbocycles. The van der Waals surface area contributed by atoms with Crippen molar-refractivity contribution in [3.05, 3.63) is 56.8 Å². The maximum Gasteiger partial charge on any atom is 0.349 e. The first-order chi connectivity index (χ1) is 13.0. The first kappa shape index (κ1) is 20.3. The second-order valence-electron chi connectivity index (χ2n) is 5.14. The lowest BCUT2D eigenvalue weighted by molar-refractivity contribution is 0.0482. The van der Waals surface area contributed by atoms with Crippen LogP contribution in [0.5, 0.6) is 0 Å². The number of rotatable bonds is 7. The largest absolute Gasteiger partial charge is 0.465 e. The average Bonchev–Trinajstić information content (AvgIpc) is 3.08. The van der Waals surface area contributed by atoms with Crippen molar-refractivity contribution in [2.45, 2.75) is 13.8 Å². The summed E-state index contributed by atoms with van der Waals surface area (Å²) in [6.07, 6.45) is 0. The molecule has 0 bridgehead atoms. The van der Waals surface area contributed by atoms with E-state index in [1.54, 1.807) is 44.2 Å². The summed E-state index contributed by atoms with van der Waals surface area (Å²) in [5, 5.41) is 0. The van der Waals surface area contributed by atoms with Gasteiger partial charge in [-0.1, -0.05) is 30.3 Å². The Morgan fingerprint density at radius 2 is 1.37 bits per heavy atom. The second kappa shape index (κ2) is 9.09. The summed E-state index contributed by atoms with van der Waals surface area (Å²) in [4.78, 5) is 49.8. The molecule has 0 spiro atoms. The molecule has 0 fully saturated rings. The number of benzene rings is 1. The van der Waals surface area contributed by atoms with Crippen LogP contribution in [0.3, 0.4) is 0 Å². The predicted octanol–water partition coefficient (Wildman–Crippen LogP) is 3.12. The number of esters is 3. The minimum atomic E-state index is -0.883. The fraction of sp³-hybridized carbons (Fsp3) is 0.263. The van der Waals surface area contributed by atoms with Gasteiger partial charge in [0, 0.05) is 5.56 Å². The molecular weight excluding hydrogens is 372 g/mol. The molecule has 0 aliphatic rings. The van der Waals surface area contributed by atoms with Gasteiger partial charge in [0.25, 0.3) is 0 Å². The standard InChI is InChI=1S/C19H18O7S/c1-4-25-17(21)13-12(14(20)11-9-7-6-8-10-11)15(18(22)24-3)27-16(13)19(23)26-5-2/h6-10H,4-5H2,1-3H3. The highest BCUT2D eigenvalue weighted by atomic mass is 32.1. The molecule has 7 nitrogen and oxygen atoms in total. The van der Waals surface area contributed by atoms with Crippen molar-refractivity contribution in [3.63, 3.8) is 0 Å². The number of carbonyl (C=O) groups excluding carboxylic acids is 4. The lowest BCUT2D eigenvalue weighted by Gasteiger charge is -2.07. The fourth-order valence-electron chi connectivity index (χ4n) is 2.36. The Labute approximate surface area is 159 Å². The van der Waals surface area contributed by atoms with Crippen molar-refractivity contribution in [1.29, 1.82) is 0 Å². The summed E-state index contributed by atoms with van der Waals surface area (Å²) in [6, 6.07) is 8.10. The van der Waals surface area contributed by atoms with Crippen LogP contribution in [-0.4, -0.2) is 44.0 Å². The van der Waals surface area contributed by atoms with Crippen LogP contribution in [0.4, 0.5) is 0 Å². The molecule has 0 unspecified atom stereocenters. The molecule has 1 aromatic heterocycles. The molecule has 0 radical (unpaired) electrons. The van der Waals surface area contributed by atoms with Crippen LogP contribution in [0.1, 0.15) is 59.5 Å². The van der Waals surface area contributed by atoms with E-state index >= 15 is 0 Å². The minimum absolute atomic E-state index is 0.0312. The first-order valence-corrected chi connectivity index (χ1v) is 8.96. The zero-order valence-electron chi connectivity index (χ0n) is 15.1. The maximum atomic E-state index is 13.0. The molecule has 8 heteroatoms. The zero-order valence-corrected chi connectivity index (χ0v) is 15.9. The SMILES string of the molecule is CCOC(=O)c1sc(C(=O)OC)c(C(=O)c2ccccc2)c1C(=O)OCC. The van der Waals surface area contributed by atoms with Crippen LogP contribution < -0.4 is 0 Å². The highest BCUT2D eigenvalue weighted by molar-refractivity contribution is 7.16. The van der Waals surface area contributed by atoms with Crippen LogP contribution in [0, 0.1) is 0 Å². The molecule has 0 saturated heterocycles. The third kappa shape index (κ3) is 4.22. The van der Waals surface area contributed by atoms with Gasteiger partial charge in [-0.2, -0.15) is 0 Å². The van der Waals surface area contributed by atoms with E-state index in [0.717, 1.165) is 7.11 Å². The Balaban J connectivity index is 2.76. The van der Waals surface area contributed by atoms with E-state index in [-0.39, 0.29) is 39.7 Å².